The molecule has 3 rings (SSSR count). The van der Waals surface area contributed by atoms with Gasteiger partial charge in [-0.15, -0.1) is 0 Å². The number of β-amino-alcohol motifs (C(OH)–C–C–N with tert-alkyl or cyclic N) is 1. The van der Waals surface area contributed by atoms with Gasteiger partial charge in [-0.1, -0.05) is 5.16 Å². The van der Waals surface area contributed by atoms with Gasteiger partial charge in [-0.05, 0) is 13.3 Å². The fraction of sp³-hybridized carbons (Fsp3) is 0.500. The van der Waals surface area contributed by atoms with E-state index in [4.69, 9.17) is 4.52 Å². The van der Waals surface area contributed by atoms with Crippen LogP contribution in [0.3, 0.4) is 0 Å². The van der Waals surface area contributed by atoms with Crippen molar-refractivity contribution in [1.29, 1.82) is 0 Å². The van der Waals surface area contributed by atoms with E-state index in [1.807, 2.05) is 11.0 Å². The Bertz CT molecular complexity index is 764. The first-order chi connectivity index (χ1) is 11.9. The second-order valence-corrected chi connectivity index (χ2v) is 6.39. The molecule has 2 aromatic heterocycles. The molecule has 1 aliphatic heterocycles. The van der Waals surface area contributed by atoms with E-state index in [-0.39, 0.29) is 18.1 Å². The average Bonchev–Trinajstić information content (AvgIpc) is 3.20. The zero-order chi connectivity index (χ0) is 18.0. The van der Waals surface area contributed by atoms with Gasteiger partial charge in [0.1, 0.15) is 29.3 Å². The molecule has 9 nitrogen and oxygen atoms in total. The van der Waals surface area contributed by atoms with Gasteiger partial charge in [0.2, 0.25) is 0 Å². The molecule has 0 unspecified atom stereocenters. The summed E-state index contributed by atoms with van der Waals surface area (Å²) in [7, 11) is 3.44. The van der Waals surface area contributed by atoms with Gasteiger partial charge in [-0.2, -0.15) is 0 Å². The summed E-state index contributed by atoms with van der Waals surface area (Å²) in [5.74, 6) is 1.76. The first-order valence-corrected chi connectivity index (χ1v) is 8.06. The van der Waals surface area contributed by atoms with Gasteiger partial charge in [-0.25, -0.2) is 9.97 Å². The van der Waals surface area contributed by atoms with Crippen molar-refractivity contribution in [2.75, 3.05) is 43.9 Å². The SMILES string of the molecule is CNc1cc(N2CC[C@](O)(CN(C)C(=O)c3cc(C)on3)C2)ncn1. The number of carbonyl (C=O) groups is 1. The van der Waals surface area contributed by atoms with Crippen molar-refractivity contribution < 1.29 is 14.4 Å². The molecule has 2 aromatic rings. The molecule has 9 heteroatoms. The second-order valence-electron chi connectivity index (χ2n) is 6.39. The van der Waals surface area contributed by atoms with Gasteiger partial charge in [0.25, 0.3) is 5.91 Å². The molecule has 1 amide bonds. The van der Waals surface area contributed by atoms with E-state index in [1.54, 1.807) is 27.1 Å². The molecule has 0 spiro atoms. The monoisotopic (exact) mass is 346 g/mol. The minimum atomic E-state index is -1.01. The number of aromatic nitrogens is 3. The number of amides is 1. The van der Waals surface area contributed by atoms with Gasteiger partial charge in [0.15, 0.2) is 5.69 Å². The molecule has 1 saturated heterocycles. The molecule has 3 heterocycles. The maximum atomic E-state index is 12.4. The number of nitrogens with zero attached hydrogens (tertiary/aromatic N) is 5. The number of carbonyl (C=O) groups excluding carboxylic acids is 1. The Kier molecular flexibility index (Phi) is 4.58. The number of anilines is 2. The molecular weight excluding hydrogens is 324 g/mol. The van der Waals surface area contributed by atoms with E-state index in [1.165, 1.54) is 11.2 Å². The maximum Gasteiger partial charge on any atom is 0.275 e. The van der Waals surface area contributed by atoms with Crippen LogP contribution in [0.2, 0.25) is 0 Å². The first kappa shape index (κ1) is 17.2. The van der Waals surface area contributed by atoms with Gasteiger partial charge in [-0.3, -0.25) is 4.79 Å². The molecule has 0 bridgehead atoms. The van der Waals surface area contributed by atoms with Gasteiger partial charge in [0, 0.05) is 39.3 Å². The van der Waals surface area contributed by atoms with Crippen LogP contribution in [0, 0.1) is 6.92 Å². The Balaban J connectivity index is 1.65. The third kappa shape index (κ3) is 3.71. The Morgan fingerprint density at radius 1 is 1.48 bits per heavy atom. The summed E-state index contributed by atoms with van der Waals surface area (Å²) in [6, 6.07) is 3.42. The van der Waals surface area contributed by atoms with Crippen molar-refractivity contribution in [3.8, 4) is 0 Å². The normalized spacial score (nSPS) is 19.9. The third-order valence-electron chi connectivity index (χ3n) is 4.29. The van der Waals surface area contributed by atoms with Crippen LogP contribution in [0.1, 0.15) is 22.7 Å². The summed E-state index contributed by atoms with van der Waals surface area (Å²) >= 11 is 0. The number of aliphatic hydroxyl groups is 1. The lowest BCUT2D eigenvalue weighted by Crippen LogP contribution is -2.46. The van der Waals surface area contributed by atoms with E-state index in [9.17, 15) is 9.90 Å². The van der Waals surface area contributed by atoms with E-state index in [0.717, 1.165) is 5.82 Å². The third-order valence-corrected chi connectivity index (χ3v) is 4.29. The quantitative estimate of drug-likeness (QED) is 0.807. The molecule has 0 aromatic carbocycles. The number of hydrogen-bond acceptors (Lipinski definition) is 8. The number of likely N-dealkylation sites (N-methyl/N-ethyl adjacent to an activating group) is 1. The summed E-state index contributed by atoms with van der Waals surface area (Å²) in [5, 5.41) is 17.6. The molecule has 0 aliphatic carbocycles. The standard InChI is InChI=1S/C16H22N6O3/c1-11-6-12(20-25-11)15(23)21(3)8-16(24)4-5-22(9-16)14-7-13(17-2)18-10-19-14/h6-7,10,24H,4-5,8-9H2,1-3H3,(H,17,18,19)/t16-/m0/s1. The predicted molar refractivity (Wildman–Crippen MR) is 91.6 cm³/mol. The zero-order valence-corrected chi connectivity index (χ0v) is 14.6. The summed E-state index contributed by atoms with van der Waals surface area (Å²) < 4.78 is 4.94. The zero-order valence-electron chi connectivity index (χ0n) is 14.6. The molecule has 1 fully saturated rings. The van der Waals surface area contributed by atoms with Crippen molar-refractivity contribution >= 4 is 17.5 Å². The lowest BCUT2D eigenvalue weighted by atomic mass is 10.0. The van der Waals surface area contributed by atoms with Crippen LogP contribution in [0.15, 0.2) is 23.0 Å². The van der Waals surface area contributed by atoms with Crippen molar-refractivity contribution in [3.05, 3.63) is 29.9 Å². The highest BCUT2D eigenvalue weighted by Gasteiger charge is 2.39. The first-order valence-electron chi connectivity index (χ1n) is 8.06. The Morgan fingerprint density at radius 2 is 2.28 bits per heavy atom. The van der Waals surface area contributed by atoms with Gasteiger partial charge >= 0.3 is 0 Å². The van der Waals surface area contributed by atoms with Crippen molar-refractivity contribution in [1.82, 2.24) is 20.0 Å². The number of rotatable bonds is 5. The van der Waals surface area contributed by atoms with Crippen molar-refractivity contribution in [2.24, 2.45) is 0 Å². The fourth-order valence-corrected chi connectivity index (χ4v) is 3.01. The van der Waals surface area contributed by atoms with Crippen molar-refractivity contribution in [2.45, 2.75) is 18.9 Å². The van der Waals surface area contributed by atoms with Crippen LogP contribution in [0.5, 0.6) is 0 Å². The van der Waals surface area contributed by atoms with Crippen LogP contribution in [0.4, 0.5) is 11.6 Å². The minimum absolute atomic E-state index is 0.207. The maximum absolute atomic E-state index is 12.4. The van der Waals surface area contributed by atoms with E-state index < -0.39 is 5.60 Å². The molecular formula is C16H22N6O3. The van der Waals surface area contributed by atoms with Crippen LogP contribution in [-0.2, 0) is 0 Å². The highest BCUT2D eigenvalue weighted by Crippen LogP contribution is 2.27. The van der Waals surface area contributed by atoms with E-state index in [0.29, 0.717) is 31.1 Å². The minimum Gasteiger partial charge on any atom is -0.386 e. The Labute approximate surface area is 145 Å². The molecule has 25 heavy (non-hydrogen) atoms. The Morgan fingerprint density at radius 3 is 2.96 bits per heavy atom. The highest BCUT2D eigenvalue weighted by atomic mass is 16.5. The van der Waals surface area contributed by atoms with Gasteiger partial charge in [0.05, 0.1) is 6.54 Å². The van der Waals surface area contributed by atoms with Crippen LogP contribution < -0.4 is 10.2 Å². The highest BCUT2D eigenvalue weighted by molar-refractivity contribution is 5.92. The van der Waals surface area contributed by atoms with Crippen molar-refractivity contribution in [3.63, 3.8) is 0 Å². The summed E-state index contributed by atoms with van der Waals surface area (Å²) in [6.45, 7) is 2.98. The van der Waals surface area contributed by atoms with E-state index in [2.05, 4.69) is 20.4 Å². The molecule has 2 N–H and O–H groups in total. The topological polar surface area (TPSA) is 108 Å². The average molecular weight is 346 g/mol. The molecule has 0 saturated carbocycles. The lowest BCUT2D eigenvalue weighted by molar-refractivity contribution is 0.0260. The predicted octanol–water partition coefficient (Wildman–Crippen LogP) is 0.528. The summed E-state index contributed by atoms with van der Waals surface area (Å²) in [6.07, 6.45) is 2.03. The molecule has 134 valence electrons. The largest absolute Gasteiger partial charge is 0.386 e. The lowest BCUT2D eigenvalue weighted by Gasteiger charge is -2.28. The number of aryl methyl sites for hydroxylation is 1. The van der Waals surface area contributed by atoms with Crippen LogP contribution in [0.25, 0.3) is 0 Å². The van der Waals surface area contributed by atoms with Crippen LogP contribution in [-0.4, -0.2) is 70.4 Å². The molecule has 1 atom stereocenters. The second kappa shape index (κ2) is 6.67. The van der Waals surface area contributed by atoms with E-state index >= 15 is 0 Å². The fourth-order valence-electron chi connectivity index (χ4n) is 3.01. The van der Waals surface area contributed by atoms with Gasteiger partial charge < -0.3 is 24.7 Å². The smallest absolute Gasteiger partial charge is 0.275 e. The molecule has 1 aliphatic rings. The number of nitrogens with one attached hydrogen (secondary N) is 1. The van der Waals surface area contributed by atoms with Crippen LogP contribution >= 0.6 is 0 Å². The summed E-state index contributed by atoms with van der Waals surface area (Å²) in [4.78, 5) is 24.2. The molecule has 0 radical (unpaired) electrons. The number of hydrogen-bond donors (Lipinski definition) is 2. The Hall–Kier alpha value is -2.68. The summed E-state index contributed by atoms with van der Waals surface area (Å²) in [5.41, 5.74) is -0.763.